The third-order valence-corrected chi connectivity index (χ3v) is 6.74. The zero-order valence-electron chi connectivity index (χ0n) is 20.9. The smallest absolute Gasteiger partial charge is 0.239 e. The maximum absolute atomic E-state index is 12.5. The molecule has 0 aliphatic carbocycles. The van der Waals surface area contributed by atoms with Crippen molar-refractivity contribution in [2.75, 3.05) is 47.6 Å². The Hall–Kier alpha value is -3.21. The second kappa shape index (κ2) is 11.7. The van der Waals surface area contributed by atoms with Gasteiger partial charge in [0.15, 0.2) is 29.1 Å². The van der Waals surface area contributed by atoms with E-state index in [2.05, 4.69) is 10.2 Å². The van der Waals surface area contributed by atoms with Gasteiger partial charge < -0.3 is 39.8 Å². The van der Waals surface area contributed by atoms with Gasteiger partial charge in [0.25, 0.3) is 0 Å². The van der Waals surface area contributed by atoms with Crippen molar-refractivity contribution in [1.82, 2.24) is 10.2 Å². The van der Waals surface area contributed by atoms with Crippen molar-refractivity contribution >= 4 is 5.91 Å². The van der Waals surface area contributed by atoms with Crippen LogP contribution in [-0.2, 0) is 4.79 Å². The van der Waals surface area contributed by atoms with Crippen molar-refractivity contribution in [1.29, 1.82) is 0 Å². The number of nitrogens with two attached hydrogens (primary N) is 1. The first-order valence-electron chi connectivity index (χ1n) is 12.1. The number of methoxy groups -OCH3 is 3. The predicted molar refractivity (Wildman–Crippen MR) is 133 cm³/mol. The van der Waals surface area contributed by atoms with E-state index in [9.17, 15) is 9.90 Å². The summed E-state index contributed by atoms with van der Waals surface area (Å²) in [7, 11) is 4.61. The van der Waals surface area contributed by atoms with Gasteiger partial charge in [-0.25, -0.2) is 0 Å². The summed E-state index contributed by atoms with van der Waals surface area (Å²) in [6.07, 6.45) is 0.443. The molecule has 0 radical (unpaired) electrons. The second-order valence-electron chi connectivity index (χ2n) is 8.96. The minimum atomic E-state index is -0.714. The summed E-state index contributed by atoms with van der Waals surface area (Å²) >= 11 is 0. The van der Waals surface area contributed by atoms with E-state index in [0.717, 1.165) is 12.8 Å². The van der Waals surface area contributed by atoms with Crippen LogP contribution < -0.4 is 34.7 Å². The van der Waals surface area contributed by atoms with Crippen LogP contribution in [0.25, 0.3) is 0 Å². The average Bonchev–Trinajstić information content (AvgIpc) is 2.91. The monoisotopic (exact) mass is 501 g/mol. The molecular weight excluding hydrogens is 466 g/mol. The zero-order chi connectivity index (χ0) is 25.7. The van der Waals surface area contributed by atoms with Crippen molar-refractivity contribution in [3.63, 3.8) is 0 Å². The first kappa shape index (κ1) is 25.9. The molecule has 2 aliphatic rings. The van der Waals surface area contributed by atoms with Crippen molar-refractivity contribution in [2.24, 2.45) is 5.73 Å². The molecule has 3 unspecified atom stereocenters. The number of carbonyl (C=O) groups is 1. The lowest BCUT2D eigenvalue weighted by Crippen LogP contribution is -2.50. The van der Waals surface area contributed by atoms with Gasteiger partial charge in [-0.2, -0.15) is 0 Å². The van der Waals surface area contributed by atoms with Crippen molar-refractivity contribution in [2.45, 2.75) is 37.1 Å². The molecule has 1 saturated heterocycles. The van der Waals surface area contributed by atoms with E-state index in [1.165, 1.54) is 21.3 Å². The Kier molecular flexibility index (Phi) is 8.40. The second-order valence-corrected chi connectivity index (χ2v) is 8.96. The van der Waals surface area contributed by atoms with Crippen LogP contribution in [0.15, 0.2) is 36.4 Å². The summed E-state index contributed by atoms with van der Waals surface area (Å²) in [4.78, 5) is 14.6. The normalized spacial score (nSPS) is 19.8. The first-order chi connectivity index (χ1) is 17.4. The van der Waals surface area contributed by atoms with Gasteiger partial charge in [0, 0.05) is 25.7 Å². The molecule has 2 aromatic carbocycles. The number of nitrogens with one attached hydrogen (secondary N) is 1. The molecule has 1 amide bonds. The number of nitrogens with zero attached hydrogens (tertiary/aromatic N) is 1. The lowest BCUT2D eigenvalue weighted by molar-refractivity contribution is -0.124. The highest BCUT2D eigenvalue weighted by Gasteiger charge is 2.33. The van der Waals surface area contributed by atoms with Crippen LogP contribution in [-0.4, -0.2) is 81.7 Å². The molecule has 196 valence electrons. The molecule has 4 N–H and O–H groups in total. The Balaban J connectivity index is 1.34. The Morgan fingerprint density at radius 3 is 2.33 bits per heavy atom. The molecule has 1 fully saturated rings. The minimum Gasteiger partial charge on any atom is -0.493 e. The molecule has 10 nitrogen and oxygen atoms in total. The summed E-state index contributed by atoms with van der Waals surface area (Å²) in [6.45, 7) is 2.00. The molecule has 0 aromatic heterocycles. The highest BCUT2D eigenvalue weighted by Crippen LogP contribution is 2.41. The average molecular weight is 502 g/mol. The molecular formula is C26H35N3O7. The number of likely N-dealkylation sites (tertiary alicyclic amines) is 1. The van der Waals surface area contributed by atoms with E-state index in [1.807, 2.05) is 24.3 Å². The van der Waals surface area contributed by atoms with Crippen LogP contribution in [0.1, 0.15) is 24.4 Å². The van der Waals surface area contributed by atoms with Gasteiger partial charge in [-0.15, -0.1) is 0 Å². The first-order valence-corrected chi connectivity index (χ1v) is 12.1. The highest BCUT2D eigenvalue weighted by molar-refractivity contribution is 5.82. The Labute approximate surface area is 211 Å². The zero-order valence-corrected chi connectivity index (χ0v) is 20.9. The number of piperidine rings is 1. The molecule has 0 bridgehead atoms. The van der Waals surface area contributed by atoms with Crippen molar-refractivity contribution in [3.8, 4) is 28.7 Å². The molecule has 10 heteroatoms. The number of carbonyl (C=O) groups excluding carboxylic acids is 1. The minimum absolute atomic E-state index is 0.196. The largest absolute Gasteiger partial charge is 0.493 e. The molecule has 36 heavy (non-hydrogen) atoms. The van der Waals surface area contributed by atoms with E-state index in [-0.39, 0.29) is 6.04 Å². The third-order valence-electron chi connectivity index (χ3n) is 6.74. The summed E-state index contributed by atoms with van der Waals surface area (Å²) < 4.78 is 27.9. The van der Waals surface area contributed by atoms with Crippen LogP contribution >= 0.6 is 0 Å². The molecule has 2 aromatic rings. The number of aliphatic hydroxyl groups excluding tert-OH is 1. The predicted octanol–water partition coefficient (Wildman–Crippen LogP) is 1.49. The van der Waals surface area contributed by atoms with Gasteiger partial charge in [0.2, 0.25) is 11.7 Å². The van der Waals surface area contributed by atoms with E-state index in [1.54, 1.807) is 12.1 Å². The van der Waals surface area contributed by atoms with Crippen molar-refractivity contribution in [3.05, 3.63) is 42.0 Å². The van der Waals surface area contributed by atoms with Crippen LogP contribution in [0.4, 0.5) is 0 Å². The summed E-state index contributed by atoms with van der Waals surface area (Å²) in [6, 6.07) is 10.5. The van der Waals surface area contributed by atoms with Gasteiger partial charge in [-0.1, -0.05) is 12.1 Å². The fourth-order valence-corrected chi connectivity index (χ4v) is 4.82. The van der Waals surface area contributed by atoms with E-state index in [4.69, 9.17) is 29.4 Å². The number of amides is 1. The molecule has 2 aliphatic heterocycles. The fraction of sp³-hybridized carbons (Fsp3) is 0.500. The molecule has 0 saturated carbocycles. The Morgan fingerprint density at radius 2 is 1.75 bits per heavy atom. The number of aliphatic hydroxyl groups is 1. The number of hydrogen-bond donors (Lipinski definition) is 3. The van der Waals surface area contributed by atoms with Crippen LogP contribution in [0.2, 0.25) is 0 Å². The molecule has 0 spiro atoms. The number of para-hydroxylation sites is 2. The molecule has 4 rings (SSSR count). The summed E-state index contributed by atoms with van der Waals surface area (Å²) in [5, 5.41) is 14.1. The van der Waals surface area contributed by atoms with Gasteiger partial charge in [-0.05, 0) is 42.7 Å². The van der Waals surface area contributed by atoms with Gasteiger partial charge in [0.1, 0.15) is 18.8 Å². The quantitative estimate of drug-likeness (QED) is 0.444. The number of primary amides is 1. The number of fused-ring (bicyclic) bond motifs is 1. The van der Waals surface area contributed by atoms with Crippen LogP contribution in [0.5, 0.6) is 28.7 Å². The maximum atomic E-state index is 12.5. The summed E-state index contributed by atoms with van der Waals surface area (Å²) in [5.41, 5.74) is 6.52. The summed E-state index contributed by atoms with van der Waals surface area (Å²) in [5.74, 6) is 2.30. The lowest BCUT2D eigenvalue weighted by Gasteiger charge is -2.37. The van der Waals surface area contributed by atoms with Gasteiger partial charge >= 0.3 is 0 Å². The number of rotatable bonds is 10. The topological polar surface area (TPSA) is 125 Å². The maximum Gasteiger partial charge on any atom is 0.239 e. The lowest BCUT2D eigenvalue weighted by atomic mass is 9.97. The van der Waals surface area contributed by atoms with E-state index < -0.39 is 24.2 Å². The van der Waals surface area contributed by atoms with Crippen LogP contribution in [0.3, 0.4) is 0 Å². The van der Waals surface area contributed by atoms with Crippen molar-refractivity contribution < 1.29 is 33.6 Å². The van der Waals surface area contributed by atoms with E-state index >= 15 is 0 Å². The molecule has 2 heterocycles. The third kappa shape index (κ3) is 5.61. The van der Waals surface area contributed by atoms with Gasteiger partial charge in [-0.3, -0.25) is 9.69 Å². The number of benzene rings is 2. The number of hydrogen-bond acceptors (Lipinski definition) is 9. The Morgan fingerprint density at radius 1 is 1.11 bits per heavy atom. The fourth-order valence-electron chi connectivity index (χ4n) is 4.82. The highest BCUT2D eigenvalue weighted by atomic mass is 16.6. The standard InChI is InChI=1S/C26H35N3O7/c1-32-21-12-16(13-22(33-2)25(21)34-3)24(26(27)31)29-10-8-17(9-11-29)28-14-18(30)23-15-35-19-6-4-5-7-20(19)36-23/h4-7,12-13,17-18,23-24,28,30H,8-11,14-15H2,1-3H3,(H2,27,31). The number of ether oxygens (including phenoxy) is 5. The molecule has 3 atom stereocenters. The SMILES string of the molecule is COc1cc(C(C(N)=O)N2CCC(NCC(O)C3COc4ccccc4O3)CC2)cc(OC)c1OC. The van der Waals surface area contributed by atoms with Crippen LogP contribution in [0, 0.1) is 0 Å². The van der Waals surface area contributed by atoms with Gasteiger partial charge in [0.05, 0.1) is 21.3 Å². The van der Waals surface area contributed by atoms with E-state index in [0.29, 0.717) is 60.6 Å². The Bertz CT molecular complexity index is 1020.